The molecule has 2 rings (SSSR count). The summed E-state index contributed by atoms with van der Waals surface area (Å²) < 4.78 is 23.5. The van der Waals surface area contributed by atoms with Gasteiger partial charge in [-0.15, -0.1) is 0 Å². The van der Waals surface area contributed by atoms with Crippen LogP contribution in [0.1, 0.15) is 15.9 Å². The van der Waals surface area contributed by atoms with Gasteiger partial charge in [0.15, 0.2) is 5.78 Å². The molecular weight excluding hydrogens is 283 g/mol. The van der Waals surface area contributed by atoms with Crippen LogP contribution in [-0.2, 0) is 4.74 Å². The minimum absolute atomic E-state index is 0.245. The Hall–Kier alpha value is -2.46. The molecule has 0 aromatic heterocycles. The second-order valence-corrected chi connectivity index (χ2v) is 4.62. The quantitative estimate of drug-likeness (QED) is 0.444. The van der Waals surface area contributed by atoms with Gasteiger partial charge in [-0.05, 0) is 35.9 Å². The average molecular weight is 300 g/mol. The van der Waals surface area contributed by atoms with Crippen molar-refractivity contribution in [1.29, 1.82) is 0 Å². The van der Waals surface area contributed by atoms with Gasteiger partial charge in [0.25, 0.3) is 0 Å². The fourth-order valence-corrected chi connectivity index (χ4v) is 1.86. The minimum atomic E-state index is -0.423. The summed E-state index contributed by atoms with van der Waals surface area (Å²) in [5.41, 5.74) is 1.16. The maximum atomic E-state index is 13.1. The van der Waals surface area contributed by atoms with E-state index in [1.807, 2.05) is 24.3 Å². The zero-order valence-corrected chi connectivity index (χ0v) is 12.3. The zero-order chi connectivity index (χ0) is 15.8. The molecule has 0 N–H and O–H groups in total. The molecule has 0 spiro atoms. The fraction of sp³-hybridized carbons (Fsp3) is 0.167. The molecule has 4 heteroatoms. The monoisotopic (exact) mass is 300 g/mol. The molecule has 0 aliphatic rings. The standard InChI is InChI=1S/C18H17FO3/c1-21-10-11-22-17-7-2-4-14(12-17)8-9-18(20)15-5-3-6-16(19)13-15/h2-9,12-13H,10-11H2,1H3. The van der Waals surface area contributed by atoms with Gasteiger partial charge in [0.05, 0.1) is 6.61 Å². The zero-order valence-electron chi connectivity index (χ0n) is 12.3. The number of rotatable bonds is 7. The first-order valence-corrected chi connectivity index (χ1v) is 6.89. The Morgan fingerprint density at radius 3 is 2.73 bits per heavy atom. The van der Waals surface area contributed by atoms with Crippen molar-refractivity contribution in [3.63, 3.8) is 0 Å². The van der Waals surface area contributed by atoms with Gasteiger partial charge >= 0.3 is 0 Å². The highest BCUT2D eigenvalue weighted by molar-refractivity contribution is 6.06. The van der Waals surface area contributed by atoms with Crippen molar-refractivity contribution in [1.82, 2.24) is 0 Å². The molecule has 0 bridgehead atoms. The molecule has 22 heavy (non-hydrogen) atoms. The number of ether oxygens (including phenoxy) is 2. The first-order valence-electron chi connectivity index (χ1n) is 6.89. The number of halogens is 1. The molecule has 0 heterocycles. The molecule has 114 valence electrons. The topological polar surface area (TPSA) is 35.5 Å². The van der Waals surface area contributed by atoms with Gasteiger partial charge in [-0.1, -0.05) is 30.3 Å². The molecule has 0 amide bonds. The minimum Gasteiger partial charge on any atom is -0.491 e. The van der Waals surface area contributed by atoms with E-state index < -0.39 is 5.82 Å². The number of carbonyl (C=O) groups excluding carboxylic acids is 1. The van der Waals surface area contributed by atoms with E-state index in [0.29, 0.717) is 24.5 Å². The van der Waals surface area contributed by atoms with Crippen molar-refractivity contribution in [2.75, 3.05) is 20.3 Å². The summed E-state index contributed by atoms with van der Waals surface area (Å²) in [6.45, 7) is 0.976. The molecule has 0 radical (unpaired) electrons. The third-order valence-electron chi connectivity index (χ3n) is 2.95. The molecule has 2 aromatic carbocycles. The second-order valence-electron chi connectivity index (χ2n) is 4.62. The molecule has 2 aromatic rings. The van der Waals surface area contributed by atoms with E-state index >= 15 is 0 Å². The highest BCUT2D eigenvalue weighted by Gasteiger charge is 2.02. The highest BCUT2D eigenvalue weighted by atomic mass is 19.1. The maximum Gasteiger partial charge on any atom is 0.185 e. The summed E-state index contributed by atoms with van der Waals surface area (Å²) in [4.78, 5) is 12.0. The normalized spacial score (nSPS) is 10.8. The Balaban J connectivity index is 2.03. The summed E-state index contributed by atoms with van der Waals surface area (Å²) in [5, 5.41) is 0. The summed E-state index contributed by atoms with van der Waals surface area (Å²) in [5.74, 6) is 0.0374. The van der Waals surface area contributed by atoms with Gasteiger partial charge in [-0.3, -0.25) is 4.79 Å². The lowest BCUT2D eigenvalue weighted by molar-refractivity contribution is 0.104. The lowest BCUT2D eigenvalue weighted by atomic mass is 10.1. The van der Waals surface area contributed by atoms with Crippen LogP contribution in [0.4, 0.5) is 4.39 Å². The van der Waals surface area contributed by atoms with Crippen LogP contribution < -0.4 is 4.74 Å². The number of methoxy groups -OCH3 is 1. The van der Waals surface area contributed by atoms with Crippen molar-refractivity contribution >= 4 is 11.9 Å². The van der Waals surface area contributed by atoms with Crippen LogP contribution in [-0.4, -0.2) is 26.1 Å². The number of benzene rings is 2. The first kappa shape index (κ1) is 15.9. The van der Waals surface area contributed by atoms with Crippen LogP contribution in [0.5, 0.6) is 5.75 Å². The smallest absolute Gasteiger partial charge is 0.185 e. The number of carbonyl (C=O) groups is 1. The largest absolute Gasteiger partial charge is 0.491 e. The number of allylic oxidation sites excluding steroid dienone is 1. The van der Waals surface area contributed by atoms with E-state index in [1.54, 1.807) is 19.3 Å². The SMILES string of the molecule is COCCOc1cccc(C=CC(=O)c2cccc(F)c2)c1. The van der Waals surface area contributed by atoms with Crippen molar-refractivity contribution in [3.05, 3.63) is 71.6 Å². The molecule has 0 saturated heterocycles. The molecule has 0 atom stereocenters. The number of hydrogen-bond acceptors (Lipinski definition) is 3. The van der Waals surface area contributed by atoms with Crippen LogP contribution in [0.3, 0.4) is 0 Å². The van der Waals surface area contributed by atoms with E-state index in [0.717, 1.165) is 5.56 Å². The molecular formula is C18H17FO3. The van der Waals surface area contributed by atoms with Crippen molar-refractivity contribution in [3.8, 4) is 5.75 Å². The van der Waals surface area contributed by atoms with E-state index in [1.165, 1.54) is 24.3 Å². The van der Waals surface area contributed by atoms with Gasteiger partial charge in [0, 0.05) is 12.7 Å². The van der Waals surface area contributed by atoms with Crippen LogP contribution in [0.2, 0.25) is 0 Å². The number of ketones is 1. The van der Waals surface area contributed by atoms with Crippen LogP contribution in [0.25, 0.3) is 6.08 Å². The van der Waals surface area contributed by atoms with E-state index in [9.17, 15) is 9.18 Å². The Labute approximate surface area is 129 Å². The summed E-state index contributed by atoms with van der Waals surface area (Å²) >= 11 is 0. The predicted octanol–water partition coefficient (Wildman–Crippen LogP) is 3.75. The average Bonchev–Trinajstić information content (AvgIpc) is 2.53. The summed E-state index contributed by atoms with van der Waals surface area (Å²) in [6, 6.07) is 13.0. The van der Waals surface area contributed by atoms with E-state index in [2.05, 4.69) is 0 Å². The molecule has 0 aliphatic carbocycles. The third kappa shape index (κ3) is 4.82. The summed E-state index contributed by atoms with van der Waals surface area (Å²) in [7, 11) is 1.61. The molecule has 0 fully saturated rings. The van der Waals surface area contributed by atoms with Crippen molar-refractivity contribution < 1.29 is 18.7 Å². The van der Waals surface area contributed by atoms with Crippen LogP contribution in [0, 0.1) is 5.82 Å². The first-order chi connectivity index (χ1) is 10.7. The molecule has 0 aliphatic heterocycles. The van der Waals surface area contributed by atoms with Gasteiger partial charge < -0.3 is 9.47 Å². The third-order valence-corrected chi connectivity index (χ3v) is 2.95. The maximum absolute atomic E-state index is 13.1. The predicted molar refractivity (Wildman–Crippen MR) is 83.6 cm³/mol. The second kappa shape index (κ2) is 8.10. The fourth-order valence-electron chi connectivity index (χ4n) is 1.86. The molecule has 0 saturated carbocycles. The highest BCUT2D eigenvalue weighted by Crippen LogP contribution is 2.15. The van der Waals surface area contributed by atoms with Crippen LogP contribution in [0.15, 0.2) is 54.6 Å². The van der Waals surface area contributed by atoms with Gasteiger partial charge in [-0.2, -0.15) is 0 Å². The van der Waals surface area contributed by atoms with Gasteiger partial charge in [0.1, 0.15) is 18.2 Å². The van der Waals surface area contributed by atoms with Crippen LogP contribution >= 0.6 is 0 Å². The van der Waals surface area contributed by atoms with E-state index in [-0.39, 0.29) is 5.78 Å². The van der Waals surface area contributed by atoms with Gasteiger partial charge in [-0.25, -0.2) is 4.39 Å². The Morgan fingerprint density at radius 1 is 1.14 bits per heavy atom. The van der Waals surface area contributed by atoms with Crippen molar-refractivity contribution in [2.45, 2.75) is 0 Å². The molecule has 0 unspecified atom stereocenters. The lowest BCUT2D eigenvalue weighted by Crippen LogP contribution is -2.04. The Kier molecular flexibility index (Phi) is 5.86. The Bertz CT molecular complexity index is 665. The summed E-state index contributed by atoms with van der Waals surface area (Å²) in [6.07, 6.45) is 3.10. The molecule has 3 nitrogen and oxygen atoms in total. The number of hydrogen-bond donors (Lipinski definition) is 0. The van der Waals surface area contributed by atoms with Gasteiger partial charge in [0.2, 0.25) is 0 Å². The lowest BCUT2D eigenvalue weighted by Gasteiger charge is -2.05. The van der Waals surface area contributed by atoms with E-state index in [4.69, 9.17) is 9.47 Å². The Morgan fingerprint density at radius 2 is 1.95 bits per heavy atom. The van der Waals surface area contributed by atoms with Crippen molar-refractivity contribution in [2.24, 2.45) is 0 Å².